The molecule has 3 N–H and O–H groups in total. The maximum absolute atomic E-state index is 12.1. The maximum atomic E-state index is 12.1. The lowest BCUT2D eigenvalue weighted by atomic mass is 10.2. The predicted octanol–water partition coefficient (Wildman–Crippen LogP) is 3.17. The third kappa shape index (κ3) is 6.38. The van der Waals surface area contributed by atoms with Gasteiger partial charge >= 0.3 is 5.97 Å². The molecule has 0 fully saturated rings. The molecular formula is C25H28ClN3O7S2. The summed E-state index contributed by atoms with van der Waals surface area (Å²) in [5.74, 6) is -0.497. The Bertz CT molecular complexity index is 1400. The highest BCUT2D eigenvalue weighted by atomic mass is 35.5. The van der Waals surface area contributed by atoms with Crippen LogP contribution >= 0.6 is 22.9 Å². The molecule has 0 aliphatic carbocycles. The van der Waals surface area contributed by atoms with Crippen molar-refractivity contribution < 1.29 is 32.5 Å². The first-order valence-corrected chi connectivity index (χ1v) is 14.8. The number of anilines is 1. The first kappa shape index (κ1) is 28.1. The lowest BCUT2D eigenvalue weighted by Gasteiger charge is -2.24. The van der Waals surface area contributed by atoms with E-state index in [-0.39, 0.29) is 24.7 Å². The fourth-order valence-corrected chi connectivity index (χ4v) is 6.19. The zero-order valence-electron chi connectivity index (χ0n) is 20.8. The van der Waals surface area contributed by atoms with E-state index in [0.29, 0.717) is 28.8 Å². The van der Waals surface area contributed by atoms with Crippen LogP contribution in [0.25, 0.3) is 10.6 Å². The van der Waals surface area contributed by atoms with Crippen LogP contribution in [0.3, 0.4) is 0 Å². The number of hydrogen-bond acceptors (Lipinski definition) is 11. The lowest BCUT2D eigenvalue weighted by Crippen LogP contribution is -2.35. The van der Waals surface area contributed by atoms with Gasteiger partial charge < -0.3 is 30.0 Å². The minimum absolute atomic E-state index is 0.0942. The Hall–Kier alpha value is -2.90. The number of benzene rings is 1. The molecule has 204 valence electrons. The Morgan fingerprint density at radius 2 is 2.08 bits per heavy atom. The van der Waals surface area contributed by atoms with E-state index < -0.39 is 28.1 Å². The summed E-state index contributed by atoms with van der Waals surface area (Å²) < 4.78 is 40.6. The van der Waals surface area contributed by atoms with E-state index in [1.54, 1.807) is 30.5 Å². The number of esters is 1. The summed E-state index contributed by atoms with van der Waals surface area (Å²) in [5.41, 5.74) is 7.80. The summed E-state index contributed by atoms with van der Waals surface area (Å²) in [6.07, 6.45) is -0.291. The first-order valence-electron chi connectivity index (χ1n) is 11.7. The molecule has 3 heterocycles. The molecule has 0 spiro atoms. The van der Waals surface area contributed by atoms with Gasteiger partial charge in [0.1, 0.15) is 12.7 Å². The van der Waals surface area contributed by atoms with Crippen LogP contribution in [0.2, 0.25) is 5.02 Å². The lowest BCUT2D eigenvalue weighted by molar-refractivity contribution is -0.147. The zero-order valence-corrected chi connectivity index (χ0v) is 23.2. The van der Waals surface area contributed by atoms with Gasteiger partial charge in [0, 0.05) is 30.2 Å². The Morgan fingerprint density at radius 3 is 2.71 bits per heavy atom. The number of ether oxygens (including phenoxy) is 3. The third-order valence-electron chi connectivity index (χ3n) is 5.94. The number of hydrogen-bond donors (Lipinski definition) is 2. The predicted molar refractivity (Wildman–Crippen MR) is 145 cm³/mol. The first-order chi connectivity index (χ1) is 18.1. The minimum Gasteiger partial charge on any atom is -0.493 e. The Kier molecular flexibility index (Phi) is 8.78. The van der Waals surface area contributed by atoms with Crippen molar-refractivity contribution in [2.24, 2.45) is 5.73 Å². The molecule has 3 aromatic rings. The molecule has 2 aromatic heterocycles. The van der Waals surface area contributed by atoms with Crippen LogP contribution in [-0.4, -0.2) is 62.3 Å². The van der Waals surface area contributed by atoms with Crippen LogP contribution in [0.1, 0.15) is 23.6 Å². The molecule has 38 heavy (non-hydrogen) atoms. The number of methoxy groups -OCH3 is 1. The highest BCUT2D eigenvalue weighted by Crippen LogP contribution is 2.45. The van der Waals surface area contributed by atoms with Crippen molar-refractivity contribution in [3.8, 4) is 22.1 Å². The number of aliphatic hydroxyl groups is 1. The number of sulfone groups is 1. The number of nitrogens with two attached hydrogens (primary N) is 1. The van der Waals surface area contributed by atoms with Gasteiger partial charge in [-0.1, -0.05) is 18.5 Å². The molecule has 2 unspecified atom stereocenters. The van der Waals surface area contributed by atoms with Crippen LogP contribution in [0, 0.1) is 0 Å². The van der Waals surface area contributed by atoms with Crippen molar-refractivity contribution in [3.63, 3.8) is 0 Å². The highest BCUT2D eigenvalue weighted by Gasteiger charge is 2.32. The highest BCUT2D eigenvalue weighted by molar-refractivity contribution is 7.91. The average molecular weight is 582 g/mol. The van der Waals surface area contributed by atoms with E-state index in [1.165, 1.54) is 25.4 Å². The minimum atomic E-state index is -3.43. The molecule has 0 radical (unpaired) electrons. The van der Waals surface area contributed by atoms with Gasteiger partial charge in [-0.25, -0.2) is 8.42 Å². The van der Waals surface area contributed by atoms with Gasteiger partial charge in [0.15, 0.2) is 27.6 Å². The average Bonchev–Trinajstić information content (AvgIpc) is 3.46. The molecule has 2 atom stereocenters. The monoisotopic (exact) mass is 581 g/mol. The van der Waals surface area contributed by atoms with Crippen LogP contribution < -0.4 is 20.1 Å². The van der Waals surface area contributed by atoms with Crippen LogP contribution in [-0.2, 0) is 25.9 Å². The molecular weight excluding hydrogens is 554 g/mol. The summed E-state index contributed by atoms with van der Waals surface area (Å²) in [6, 6.07) is 10.8. The topological polar surface area (TPSA) is 141 Å². The summed E-state index contributed by atoms with van der Waals surface area (Å²) in [5, 5.41) is 11.6. The van der Waals surface area contributed by atoms with E-state index in [9.17, 15) is 18.3 Å². The van der Waals surface area contributed by atoms with Crippen LogP contribution in [0.15, 0.2) is 42.6 Å². The number of fused-ring (bicyclic) bond motifs is 1. The van der Waals surface area contributed by atoms with Gasteiger partial charge in [-0.05, 0) is 35.9 Å². The zero-order chi connectivity index (χ0) is 27.4. The summed E-state index contributed by atoms with van der Waals surface area (Å²) in [6.45, 7) is 1.42. The smallest absolute Gasteiger partial charge is 0.320 e. The van der Waals surface area contributed by atoms with E-state index in [0.717, 1.165) is 21.0 Å². The molecule has 4 rings (SSSR count). The van der Waals surface area contributed by atoms with Gasteiger partial charge in [-0.3, -0.25) is 9.78 Å². The SMILES string of the molecule is CCS(=O)(=O)CC(COc1ccc(N2Cc3cc(-c4ccc(Cl)cn4)sc3C2O)cc1OC)OC(=O)CN. The molecule has 1 aliphatic heterocycles. The number of aromatic nitrogens is 1. The molecule has 10 nitrogen and oxygen atoms in total. The van der Waals surface area contributed by atoms with Gasteiger partial charge in [-0.2, -0.15) is 0 Å². The molecule has 0 saturated heterocycles. The summed E-state index contributed by atoms with van der Waals surface area (Å²) in [7, 11) is -1.96. The maximum Gasteiger partial charge on any atom is 0.320 e. The van der Waals surface area contributed by atoms with Crippen molar-refractivity contribution >= 4 is 44.4 Å². The third-order valence-corrected chi connectivity index (χ3v) is 9.16. The number of carbonyl (C=O) groups excluding carboxylic acids is 1. The number of nitrogens with zero attached hydrogens (tertiary/aromatic N) is 2. The number of carbonyl (C=O) groups is 1. The fourth-order valence-electron chi connectivity index (χ4n) is 3.96. The molecule has 1 aliphatic rings. The summed E-state index contributed by atoms with van der Waals surface area (Å²) in [4.78, 5) is 19.6. The molecule has 0 saturated carbocycles. The standard InChI is InChI=1S/C25H28ClN3O7S2/c1-3-38(32,33)14-18(36-23(30)10-27)13-35-20-7-5-17(9-21(20)34-2)29-12-15-8-22(37-24(15)25(29)31)19-6-4-16(26)11-28-19/h4-9,11,18,25,31H,3,10,12-14,27H2,1-2H3. The Balaban J connectivity index is 1.48. The number of rotatable bonds is 11. The fraction of sp³-hybridized carbons (Fsp3) is 0.360. The van der Waals surface area contributed by atoms with E-state index in [4.69, 9.17) is 31.5 Å². The summed E-state index contributed by atoms with van der Waals surface area (Å²) >= 11 is 7.41. The number of thiophene rings is 1. The van der Waals surface area contributed by atoms with Crippen molar-refractivity contribution in [1.82, 2.24) is 4.98 Å². The Labute approximate surface area is 229 Å². The molecule has 0 amide bonds. The largest absolute Gasteiger partial charge is 0.493 e. The van der Waals surface area contributed by atoms with Crippen LogP contribution in [0.4, 0.5) is 5.69 Å². The number of aliphatic hydroxyl groups excluding tert-OH is 1. The number of halogens is 1. The van der Waals surface area contributed by atoms with Gasteiger partial charge in [0.2, 0.25) is 0 Å². The molecule has 0 bridgehead atoms. The second-order valence-electron chi connectivity index (χ2n) is 8.52. The van der Waals surface area contributed by atoms with E-state index in [2.05, 4.69) is 4.98 Å². The molecule has 13 heteroatoms. The van der Waals surface area contributed by atoms with Gasteiger partial charge in [0.05, 0.1) is 39.9 Å². The van der Waals surface area contributed by atoms with Gasteiger partial charge in [-0.15, -0.1) is 11.3 Å². The second-order valence-corrected chi connectivity index (χ2v) is 12.4. The van der Waals surface area contributed by atoms with Crippen molar-refractivity contribution in [3.05, 3.63) is 58.1 Å². The van der Waals surface area contributed by atoms with Gasteiger partial charge in [0.25, 0.3) is 0 Å². The van der Waals surface area contributed by atoms with Crippen LogP contribution in [0.5, 0.6) is 11.5 Å². The Morgan fingerprint density at radius 1 is 1.29 bits per heavy atom. The second kappa shape index (κ2) is 11.9. The quantitative estimate of drug-likeness (QED) is 0.324. The van der Waals surface area contributed by atoms with E-state index in [1.807, 2.05) is 17.0 Å². The van der Waals surface area contributed by atoms with Crippen molar-refractivity contribution in [2.45, 2.75) is 25.8 Å². The van der Waals surface area contributed by atoms with Crippen molar-refractivity contribution in [2.75, 3.05) is 36.7 Å². The number of pyridine rings is 1. The normalized spacial score (nSPS) is 15.7. The van der Waals surface area contributed by atoms with Crippen molar-refractivity contribution in [1.29, 1.82) is 0 Å². The van der Waals surface area contributed by atoms with E-state index >= 15 is 0 Å². The molecule has 1 aromatic carbocycles.